The average molecular weight is 424 g/mol. The number of hydrogen-bond acceptors (Lipinski definition) is 6. The number of carbonyl (C=O) groups is 1. The summed E-state index contributed by atoms with van der Waals surface area (Å²) < 4.78 is 37.4. The normalized spacial score (nSPS) is 11.5. The molecule has 2 aromatic carbocycles. The quantitative estimate of drug-likeness (QED) is 0.459. The molecule has 0 aliphatic heterocycles. The zero-order valence-electron chi connectivity index (χ0n) is 15.5. The van der Waals surface area contributed by atoms with Crippen LogP contribution in [0.3, 0.4) is 0 Å². The van der Waals surface area contributed by atoms with Crippen molar-refractivity contribution in [3.63, 3.8) is 0 Å². The number of furan rings is 1. The molecule has 0 aliphatic rings. The number of benzene rings is 2. The maximum Gasteiger partial charge on any atom is 0.349 e. The van der Waals surface area contributed by atoms with E-state index in [9.17, 15) is 18.0 Å². The molecular weight excluding hydrogens is 408 g/mol. The fourth-order valence-electron chi connectivity index (χ4n) is 2.80. The first kappa shape index (κ1) is 19.6. The van der Waals surface area contributed by atoms with E-state index < -0.39 is 21.6 Å². The van der Waals surface area contributed by atoms with E-state index in [1.165, 1.54) is 36.6 Å². The average Bonchev–Trinajstić information content (AvgIpc) is 3.26. The van der Waals surface area contributed by atoms with Crippen molar-refractivity contribution in [2.45, 2.75) is 11.4 Å². The molecule has 0 spiro atoms. The van der Waals surface area contributed by atoms with Crippen LogP contribution < -0.4 is 15.7 Å². The van der Waals surface area contributed by atoms with Gasteiger partial charge < -0.3 is 14.2 Å². The molecule has 0 unspecified atom stereocenters. The van der Waals surface area contributed by atoms with Crippen LogP contribution in [0.5, 0.6) is 0 Å². The summed E-state index contributed by atoms with van der Waals surface area (Å²) in [5.74, 6) is -0.169. The van der Waals surface area contributed by atoms with E-state index in [2.05, 4.69) is 10.0 Å². The summed E-state index contributed by atoms with van der Waals surface area (Å²) in [6, 6.07) is 17.2. The monoisotopic (exact) mass is 424 g/mol. The Morgan fingerprint density at radius 1 is 0.967 bits per heavy atom. The molecule has 2 aromatic heterocycles. The Labute approximate surface area is 171 Å². The largest absolute Gasteiger partial charge is 0.468 e. The summed E-state index contributed by atoms with van der Waals surface area (Å²) in [6.45, 7) is 0.0194. The van der Waals surface area contributed by atoms with Crippen molar-refractivity contribution >= 4 is 32.6 Å². The molecule has 0 saturated carbocycles. The zero-order valence-corrected chi connectivity index (χ0v) is 16.3. The SMILES string of the molecule is O=C(Nc1ccc(S(=O)(=O)NCc2ccco2)cc1)c1cc2ccccc2oc1=O. The van der Waals surface area contributed by atoms with Crippen molar-refractivity contribution in [2.75, 3.05) is 5.32 Å². The first-order valence-electron chi connectivity index (χ1n) is 8.89. The number of fused-ring (bicyclic) bond motifs is 1. The van der Waals surface area contributed by atoms with E-state index in [-0.39, 0.29) is 17.0 Å². The van der Waals surface area contributed by atoms with Crippen LogP contribution in [0.2, 0.25) is 0 Å². The van der Waals surface area contributed by atoms with Gasteiger partial charge in [-0.3, -0.25) is 4.79 Å². The molecule has 0 bridgehead atoms. The Morgan fingerprint density at radius 2 is 1.73 bits per heavy atom. The highest BCUT2D eigenvalue weighted by atomic mass is 32.2. The highest BCUT2D eigenvalue weighted by molar-refractivity contribution is 7.89. The lowest BCUT2D eigenvalue weighted by Gasteiger charge is -2.08. The van der Waals surface area contributed by atoms with Crippen LogP contribution in [0.4, 0.5) is 5.69 Å². The summed E-state index contributed by atoms with van der Waals surface area (Å²) in [7, 11) is -3.75. The lowest BCUT2D eigenvalue weighted by Crippen LogP contribution is -2.23. The molecule has 0 fully saturated rings. The molecule has 4 aromatic rings. The van der Waals surface area contributed by atoms with Crippen LogP contribution in [0, 0.1) is 0 Å². The number of sulfonamides is 1. The van der Waals surface area contributed by atoms with Gasteiger partial charge in [-0.05, 0) is 48.5 Å². The van der Waals surface area contributed by atoms with E-state index in [0.717, 1.165) is 0 Å². The van der Waals surface area contributed by atoms with Crippen LogP contribution >= 0.6 is 0 Å². The predicted octanol–water partition coefficient (Wildman–Crippen LogP) is 3.12. The lowest BCUT2D eigenvalue weighted by atomic mass is 10.1. The molecule has 0 atom stereocenters. The Bertz CT molecular complexity index is 1360. The fourth-order valence-corrected chi connectivity index (χ4v) is 3.79. The molecule has 0 radical (unpaired) electrons. The number of carbonyl (C=O) groups excluding carboxylic acids is 1. The smallest absolute Gasteiger partial charge is 0.349 e. The van der Waals surface area contributed by atoms with Gasteiger partial charge in [-0.25, -0.2) is 17.9 Å². The molecule has 0 aliphatic carbocycles. The van der Waals surface area contributed by atoms with Gasteiger partial charge in [0.2, 0.25) is 10.0 Å². The number of hydrogen-bond donors (Lipinski definition) is 2. The van der Waals surface area contributed by atoms with Crippen LogP contribution in [0.25, 0.3) is 11.0 Å². The maximum absolute atomic E-state index is 12.5. The van der Waals surface area contributed by atoms with Gasteiger partial charge in [0, 0.05) is 11.1 Å². The minimum Gasteiger partial charge on any atom is -0.468 e. The van der Waals surface area contributed by atoms with Gasteiger partial charge in [0.15, 0.2) is 0 Å². The number of nitrogens with one attached hydrogen (secondary N) is 2. The van der Waals surface area contributed by atoms with Gasteiger partial charge in [-0.15, -0.1) is 0 Å². The molecule has 2 N–H and O–H groups in total. The number of rotatable bonds is 6. The van der Waals surface area contributed by atoms with Crippen molar-refractivity contribution < 1.29 is 22.0 Å². The van der Waals surface area contributed by atoms with Crippen molar-refractivity contribution in [2.24, 2.45) is 0 Å². The Balaban J connectivity index is 1.48. The first-order valence-corrected chi connectivity index (χ1v) is 10.4. The van der Waals surface area contributed by atoms with Crippen LogP contribution in [-0.4, -0.2) is 14.3 Å². The standard InChI is InChI=1S/C21H16N2O6S/c24-20(18-12-14-4-1-2-6-19(14)29-21(18)25)23-15-7-9-17(10-8-15)30(26,27)22-13-16-5-3-11-28-16/h1-12,22H,13H2,(H,23,24). The topological polar surface area (TPSA) is 119 Å². The Hall–Kier alpha value is -3.69. The van der Waals surface area contributed by atoms with Gasteiger partial charge in [-0.2, -0.15) is 0 Å². The summed E-state index contributed by atoms with van der Waals surface area (Å²) in [6.07, 6.45) is 1.46. The second-order valence-corrected chi connectivity index (χ2v) is 8.13. The first-order chi connectivity index (χ1) is 14.4. The van der Waals surface area contributed by atoms with Gasteiger partial charge in [0.25, 0.3) is 5.91 Å². The van der Waals surface area contributed by atoms with Crippen molar-refractivity contribution in [3.05, 3.63) is 94.7 Å². The van der Waals surface area contributed by atoms with Crippen molar-refractivity contribution in [3.8, 4) is 0 Å². The molecule has 1 amide bonds. The summed E-state index contributed by atoms with van der Waals surface area (Å²) >= 11 is 0. The van der Waals surface area contributed by atoms with Gasteiger partial charge in [0.05, 0.1) is 17.7 Å². The van der Waals surface area contributed by atoms with E-state index in [0.29, 0.717) is 22.4 Å². The Kier molecular flexibility index (Phi) is 5.21. The van der Waals surface area contributed by atoms with Crippen LogP contribution in [-0.2, 0) is 16.6 Å². The van der Waals surface area contributed by atoms with Crippen molar-refractivity contribution in [1.29, 1.82) is 0 Å². The number of para-hydroxylation sites is 1. The molecule has 4 rings (SSSR count). The minimum absolute atomic E-state index is 0.0194. The molecule has 152 valence electrons. The molecule has 9 heteroatoms. The summed E-state index contributed by atoms with van der Waals surface area (Å²) in [5.41, 5.74) is -0.189. The number of amides is 1. The van der Waals surface area contributed by atoms with Crippen LogP contribution in [0.1, 0.15) is 16.1 Å². The van der Waals surface area contributed by atoms with Crippen molar-refractivity contribution in [1.82, 2.24) is 4.72 Å². The number of anilines is 1. The molecular formula is C21H16N2O6S. The lowest BCUT2D eigenvalue weighted by molar-refractivity contribution is 0.102. The highest BCUT2D eigenvalue weighted by Crippen LogP contribution is 2.17. The third kappa shape index (κ3) is 4.17. The Morgan fingerprint density at radius 3 is 2.47 bits per heavy atom. The molecule has 8 nitrogen and oxygen atoms in total. The second-order valence-electron chi connectivity index (χ2n) is 6.37. The van der Waals surface area contributed by atoms with Gasteiger partial charge >= 0.3 is 5.63 Å². The molecule has 2 heterocycles. The molecule has 0 saturated heterocycles. The fraction of sp³-hybridized carbons (Fsp3) is 0.0476. The highest BCUT2D eigenvalue weighted by Gasteiger charge is 2.16. The van der Waals surface area contributed by atoms with Gasteiger partial charge in [-0.1, -0.05) is 18.2 Å². The maximum atomic E-state index is 12.5. The second kappa shape index (κ2) is 7.97. The zero-order chi connectivity index (χ0) is 21.1. The third-order valence-electron chi connectivity index (χ3n) is 4.33. The molecule has 30 heavy (non-hydrogen) atoms. The van der Waals surface area contributed by atoms with E-state index in [4.69, 9.17) is 8.83 Å². The van der Waals surface area contributed by atoms with E-state index in [1.807, 2.05) is 0 Å². The van der Waals surface area contributed by atoms with E-state index >= 15 is 0 Å². The predicted molar refractivity (Wildman–Crippen MR) is 110 cm³/mol. The van der Waals surface area contributed by atoms with E-state index in [1.54, 1.807) is 36.4 Å². The summed E-state index contributed by atoms with van der Waals surface area (Å²) in [5, 5.41) is 3.18. The third-order valence-corrected chi connectivity index (χ3v) is 5.74. The van der Waals surface area contributed by atoms with Crippen LogP contribution in [0.15, 0.2) is 91.5 Å². The van der Waals surface area contributed by atoms with Gasteiger partial charge in [0.1, 0.15) is 16.9 Å². The summed E-state index contributed by atoms with van der Waals surface area (Å²) in [4.78, 5) is 24.6. The minimum atomic E-state index is -3.75.